The summed E-state index contributed by atoms with van der Waals surface area (Å²) >= 11 is 5.90. The number of hydrogen-bond donors (Lipinski definition) is 1. The van der Waals surface area contributed by atoms with Gasteiger partial charge in [-0.25, -0.2) is 14.6 Å². The van der Waals surface area contributed by atoms with E-state index in [4.69, 9.17) is 11.6 Å². The molecule has 0 aliphatic carbocycles. The lowest BCUT2D eigenvalue weighted by atomic mass is 9.94. The van der Waals surface area contributed by atoms with Gasteiger partial charge < -0.3 is 14.6 Å². The van der Waals surface area contributed by atoms with E-state index in [1.807, 2.05) is 0 Å². The number of benzene rings is 2. The van der Waals surface area contributed by atoms with Crippen molar-refractivity contribution in [2.45, 2.75) is 26.4 Å². The Morgan fingerprint density at radius 1 is 1.10 bits per heavy atom. The zero-order valence-electron chi connectivity index (χ0n) is 21.2. The predicted octanol–water partition coefficient (Wildman–Crippen LogP) is 3.79. The van der Waals surface area contributed by atoms with E-state index in [1.54, 1.807) is 24.3 Å². The van der Waals surface area contributed by atoms with E-state index < -0.39 is 35.7 Å². The summed E-state index contributed by atoms with van der Waals surface area (Å²) in [5.74, 6) is -6.01. The zero-order chi connectivity index (χ0) is 29.4. The van der Waals surface area contributed by atoms with Crippen molar-refractivity contribution >= 4 is 41.0 Å². The summed E-state index contributed by atoms with van der Waals surface area (Å²) in [6.45, 7) is 2.96. The molecule has 0 aromatic heterocycles. The minimum atomic E-state index is -5.32. The van der Waals surface area contributed by atoms with Crippen molar-refractivity contribution in [2.75, 3.05) is 24.5 Å². The smallest absolute Gasteiger partial charge is 0.327 e. The van der Waals surface area contributed by atoms with Gasteiger partial charge in [0.1, 0.15) is 12.4 Å². The number of nitrogens with zero attached hydrogens (tertiary/aromatic N) is 3. The van der Waals surface area contributed by atoms with Crippen LogP contribution in [0.4, 0.5) is 23.2 Å². The summed E-state index contributed by atoms with van der Waals surface area (Å²) in [4.78, 5) is 56.6. The van der Waals surface area contributed by atoms with Gasteiger partial charge in [0.15, 0.2) is 0 Å². The van der Waals surface area contributed by atoms with Crippen molar-refractivity contribution in [1.29, 1.82) is 0 Å². The highest BCUT2D eigenvalue weighted by molar-refractivity contribution is 6.30. The van der Waals surface area contributed by atoms with Crippen LogP contribution in [0.1, 0.15) is 29.8 Å². The van der Waals surface area contributed by atoms with E-state index in [9.17, 15) is 36.7 Å². The van der Waals surface area contributed by atoms with Crippen molar-refractivity contribution in [1.82, 2.24) is 15.5 Å². The molecule has 3 amide bonds. The predicted molar refractivity (Wildman–Crippen MR) is 134 cm³/mol. The Morgan fingerprint density at radius 3 is 2.40 bits per heavy atom. The van der Waals surface area contributed by atoms with Gasteiger partial charge in [-0.15, -0.1) is 5.17 Å². The van der Waals surface area contributed by atoms with Crippen LogP contribution in [0.5, 0.6) is 0 Å². The quantitative estimate of drug-likeness (QED) is 0.539. The number of allylic oxidation sites excluding steroid dienone is 1. The summed E-state index contributed by atoms with van der Waals surface area (Å²) in [6, 6.07) is 10.1. The van der Waals surface area contributed by atoms with Crippen LogP contribution in [0.3, 0.4) is 0 Å². The summed E-state index contributed by atoms with van der Waals surface area (Å²) in [6.07, 6.45) is -5.54. The van der Waals surface area contributed by atoms with Crippen LogP contribution in [0, 0.1) is 11.7 Å². The first kappa shape index (κ1) is 28.9. The number of nitrogens with one attached hydrogen (secondary N) is 1. The highest BCUT2D eigenvalue weighted by atomic mass is 35.5. The molecule has 0 spiro atoms. The first-order valence-electron chi connectivity index (χ1n) is 12.0. The molecular formula is C26H23ClF4N4O5. The second-order valence-corrected chi connectivity index (χ2v) is 9.67. The highest BCUT2D eigenvalue weighted by Crippen LogP contribution is 2.29. The molecule has 1 atom stereocenters. The highest BCUT2D eigenvalue weighted by Gasteiger charge is 2.44. The number of piperazine rings is 1. The second kappa shape index (κ2) is 11.2. The molecule has 14 heteroatoms. The SMILES string of the molecule is CC1=C(Cc2ccc(F)c(C(=O)N3CCN(c4ccc(Cl)cc4)C(=O)C3)c2)N(OC(=O)C(F)(F)F)NC(=O)C1C. The largest absolute Gasteiger partial charge is 0.493 e. The Hall–Kier alpha value is -4.13. The summed E-state index contributed by atoms with van der Waals surface area (Å²) in [5, 5.41) is 0.838. The molecule has 0 bridgehead atoms. The summed E-state index contributed by atoms with van der Waals surface area (Å²) < 4.78 is 53.2. The van der Waals surface area contributed by atoms with Crippen LogP contribution in [-0.4, -0.2) is 59.6 Å². The number of hydroxylamine groups is 1. The molecule has 2 aliphatic heterocycles. The lowest BCUT2D eigenvalue weighted by Gasteiger charge is -2.34. The molecule has 9 nitrogen and oxygen atoms in total. The number of carbonyl (C=O) groups is 4. The van der Waals surface area contributed by atoms with Crippen LogP contribution in [0.25, 0.3) is 0 Å². The van der Waals surface area contributed by atoms with Crippen LogP contribution in [0.15, 0.2) is 53.7 Å². The van der Waals surface area contributed by atoms with Crippen LogP contribution in [-0.2, 0) is 25.6 Å². The minimum Gasteiger partial charge on any atom is -0.327 e. The van der Waals surface area contributed by atoms with Crippen LogP contribution >= 0.6 is 11.6 Å². The van der Waals surface area contributed by atoms with E-state index in [2.05, 4.69) is 10.3 Å². The van der Waals surface area contributed by atoms with Crippen molar-refractivity contribution < 1.29 is 41.6 Å². The van der Waals surface area contributed by atoms with E-state index >= 15 is 0 Å². The average Bonchev–Trinajstić information content (AvgIpc) is 2.90. The molecule has 1 N–H and O–H groups in total. The Labute approximate surface area is 230 Å². The molecule has 0 saturated carbocycles. The van der Waals surface area contributed by atoms with Crippen molar-refractivity contribution in [3.8, 4) is 0 Å². The third-order valence-corrected chi connectivity index (χ3v) is 6.89. The number of anilines is 1. The number of hydrazine groups is 1. The van der Waals surface area contributed by atoms with Gasteiger partial charge >= 0.3 is 12.1 Å². The third-order valence-electron chi connectivity index (χ3n) is 6.64. The molecule has 2 aliphatic rings. The monoisotopic (exact) mass is 582 g/mol. The van der Waals surface area contributed by atoms with Crippen molar-refractivity contribution in [2.24, 2.45) is 5.92 Å². The van der Waals surface area contributed by atoms with Crippen molar-refractivity contribution in [3.63, 3.8) is 0 Å². The lowest BCUT2D eigenvalue weighted by molar-refractivity contribution is -0.242. The Kier molecular flexibility index (Phi) is 8.05. The van der Waals surface area contributed by atoms with Crippen LogP contribution < -0.4 is 10.3 Å². The number of halogens is 5. The van der Waals surface area contributed by atoms with Gasteiger partial charge in [0.05, 0.1) is 17.2 Å². The minimum absolute atomic E-state index is 0.00136. The van der Waals surface area contributed by atoms with Gasteiger partial charge in [-0.2, -0.15) is 13.2 Å². The van der Waals surface area contributed by atoms with E-state index in [1.165, 1.54) is 35.8 Å². The maximum atomic E-state index is 14.8. The van der Waals surface area contributed by atoms with E-state index in [0.717, 1.165) is 6.07 Å². The molecule has 1 saturated heterocycles. The van der Waals surface area contributed by atoms with Crippen LogP contribution in [0.2, 0.25) is 5.02 Å². The standard InChI is InChI=1S/C26H23ClF4N4O5/c1-14-15(2)23(37)32-35(40-25(39)26(29,30)31)21(14)12-16-3-8-20(28)19(11-16)24(38)33-9-10-34(22(36)13-33)18-6-4-17(27)5-7-18/h3-8,11,15H,9-10,12-13H2,1-2H3,(H,32,37). The zero-order valence-corrected chi connectivity index (χ0v) is 22.0. The Bertz CT molecular complexity index is 1400. The molecule has 2 heterocycles. The van der Waals surface area contributed by atoms with Gasteiger partial charge in [-0.3, -0.25) is 14.4 Å². The molecular weight excluding hydrogens is 560 g/mol. The topological polar surface area (TPSA) is 99.3 Å². The van der Waals surface area contributed by atoms with Gasteiger partial charge in [0, 0.05) is 30.2 Å². The number of hydrogen-bond acceptors (Lipinski definition) is 6. The maximum Gasteiger partial charge on any atom is 0.493 e. The first-order valence-corrected chi connectivity index (χ1v) is 12.4. The Balaban J connectivity index is 1.54. The molecule has 1 unspecified atom stereocenters. The van der Waals surface area contributed by atoms with Crippen molar-refractivity contribution in [3.05, 3.63) is 75.7 Å². The first-order chi connectivity index (χ1) is 18.8. The number of alkyl halides is 3. The lowest BCUT2D eigenvalue weighted by Crippen LogP contribution is -2.52. The number of rotatable bonds is 5. The molecule has 212 valence electrons. The number of amides is 3. The molecule has 2 aromatic carbocycles. The normalized spacial score (nSPS) is 18.2. The van der Waals surface area contributed by atoms with Gasteiger partial charge in [0.2, 0.25) is 11.8 Å². The Morgan fingerprint density at radius 2 is 1.77 bits per heavy atom. The van der Waals surface area contributed by atoms with Gasteiger partial charge in [-0.1, -0.05) is 17.7 Å². The van der Waals surface area contributed by atoms with E-state index in [0.29, 0.717) is 21.5 Å². The third kappa shape index (κ3) is 6.03. The fourth-order valence-corrected chi connectivity index (χ4v) is 4.37. The summed E-state index contributed by atoms with van der Waals surface area (Å²) in [5.41, 5.74) is 2.92. The number of carbonyl (C=O) groups excluding carboxylic acids is 4. The molecule has 0 radical (unpaired) electrons. The second-order valence-electron chi connectivity index (χ2n) is 9.24. The average molecular weight is 583 g/mol. The molecule has 4 rings (SSSR count). The fourth-order valence-electron chi connectivity index (χ4n) is 4.25. The summed E-state index contributed by atoms with van der Waals surface area (Å²) in [7, 11) is 0. The fraction of sp³-hybridized carbons (Fsp3) is 0.308. The molecule has 2 aromatic rings. The van der Waals surface area contributed by atoms with Gasteiger partial charge in [0.25, 0.3) is 5.91 Å². The maximum absolute atomic E-state index is 14.8. The van der Waals surface area contributed by atoms with E-state index in [-0.39, 0.29) is 48.8 Å². The van der Waals surface area contributed by atoms with Gasteiger partial charge in [-0.05, 0) is 61.4 Å². The molecule has 1 fully saturated rings. The molecule has 40 heavy (non-hydrogen) atoms.